The number of benzene rings is 1. The predicted octanol–water partition coefficient (Wildman–Crippen LogP) is 2.37. The van der Waals surface area contributed by atoms with Gasteiger partial charge in [0.2, 0.25) is 5.91 Å². The number of nitrogens with zero attached hydrogens (tertiary/aromatic N) is 2. The molecule has 4 heteroatoms. The van der Waals surface area contributed by atoms with Gasteiger partial charge in [-0.3, -0.25) is 9.36 Å². The lowest BCUT2D eigenvalue weighted by atomic mass is 10.1. The minimum absolute atomic E-state index is 0.0303. The van der Waals surface area contributed by atoms with Gasteiger partial charge in [0.25, 0.3) is 0 Å². The summed E-state index contributed by atoms with van der Waals surface area (Å²) in [7, 11) is 4.11. The molecule has 1 atom stereocenters. The normalized spacial score (nSPS) is 13.3. The number of hydrogen-bond donors (Lipinski definition) is 1. The number of aromatic nitrogens is 1. The zero-order valence-electron chi connectivity index (χ0n) is 13.3. The van der Waals surface area contributed by atoms with Crippen LogP contribution in [0.2, 0.25) is 0 Å². The first kappa shape index (κ1) is 15.7. The van der Waals surface area contributed by atoms with Crippen molar-refractivity contribution in [3.05, 3.63) is 36.0 Å². The molecule has 1 heterocycles. The molecule has 114 valence electrons. The highest BCUT2D eigenvalue weighted by Crippen LogP contribution is 2.22. The Morgan fingerprint density at radius 3 is 2.57 bits per heavy atom. The van der Waals surface area contributed by atoms with Crippen LogP contribution in [0.4, 0.5) is 0 Å². The average Bonchev–Trinajstić information content (AvgIpc) is 2.82. The molecule has 2 rings (SSSR count). The van der Waals surface area contributed by atoms with Gasteiger partial charge in [-0.05, 0) is 38.1 Å². The van der Waals surface area contributed by atoms with Crippen molar-refractivity contribution in [1.29, 1.82) is 0 Å². The Kier molecular flexibility index (Phi) is 4.80. The third kappa shape index (κ3) is 3.34. The molecule has 0 radical (unpaired) electrons. The van der Waals surface area contributed by atoms with E-state index >= 15 is 0 Å². The van der Waals surface area contributed by atoms with Gasteiger partial charge in [-0.1, -0.05) is 32.0 Å². The van der Waals surface area contributed by atoms with Crippen LogP contribution in [0.3, 0.4) is 0 Å². The Morgan fingerprint density at radius 2 is 1.95 bits per heavy atom. The number of likely N-dealkylation sites (N-methyl/N-ethyl adjacent to an activating group) is 1. The molecule has 0 bridgehead atoms. The molecule has 0 amide bonds. The molecule has 2 aromatic rings. The van der Waals surface area contributed by atoms with Crippen molar-refractivity contribution in [2.75, 3.05) is 20.6 Å². The average molecular weight is 287 g/mol. The molecule has 21 heavy (non-hydrogen) atoms. The molecule has 0 saturated carbocycles. The van der Waals surface area contributed by atoms with Crippen LogP contribution in [0, 0.1) is 5.92 Å². The minimum atomic E-state index is -0.470. The third-order valence-corrected chi connectivity index (χ3v) is 3.86. The molecule has 1 aromatic carbocycles. The van der Waals surface area contributed by atoms with Crippen molar-refractivity contribution >= 4 is 16.8 Å². The molecule has 0 aliphatic heterocycles. The highest BCUT2D eigenvalue weighted by atomic mass is 16.2. The van der Waals surface area contributed by atoms with Gasteiger partial charge < -0.3 is 10.6 Å². The molecule has 2 N–H and O–H groups in total. The van der Waals surface area contributed by atoms with E-state index in [1.54, 1.807) is 4.57 Å². The third-order valence-electron chi connectivity index (χ3n) is 3.86. The van der Waals surface area contributed by atoms with Gasteiger partial charge >= 0.3 is 0 Å². The van der Waals surface area contributed by atoms with Crippen LogP contribution in [0.5, 0.6) is 0 Å². The van der Waals surface area contributed by atoms with Gasteiger partial charge in [-0.15, -0.1) is 0 Å². The van der Waals surface area contributed by atoms with Crippen LogP contribution in [0.15, 0.2) is 30.5 Å². The van der Waals surface area contributed by atoms with E-state index in [2.05, 4.69) is 25.1 Å². The first-order valence-corrected chi connectivity index (χ1v) is 7.45. The maximum Gasteiger partial charge on any atom is 0.248 e. The zero-order valence-corrected chi connectivity index (χ0v) is 13.3. The van der Waals surface area contributed by atoms with Gasteiger partial charge in [-0.2, -0.15) is 0 Å². The standard InChI is InChI=1S/C17H25N3O/c1-12(2)16(18)17(21)20-11-13(9-10-19(3)4)14-7-5-6-8-15(14)20/h5-8,11-12,16H,9-10,18H2,1-4H3. The molecule has 1 aromatic heterocycles. The van der Waals surface area contributed by atoms with Crippen LogP contribution in [0.25, 0.3) is 10.9 Å². The maximum absolute atomic E-state index is 12.6. The first-order valence-electron chi connectivity index (χ1n) is 7.45. The van der Waals surface area contributed by atoms with E-state index in [0.717, 1.165) is 23.9 Å². The monoisotopic (exact) mass is 287 g/mol. The fraction of sp³-hybridized carbons (Fsp3) is 0.471. The van der Waals surface area contributed by atoms with Crippen LogP contribution >= 0.6 is 0 Å². The fourth-order valence-electron chi connectivity index (χ4n) is 2.42. The maximum atomic E-state index is 12.6. The van der Waals surface area contributed by atoms with Crippen molar-refractivity contribution in [2.24, 2.45) is 11.7 Å². The number of para-hydroxylation sites is 1. The minimum Gasteiger partial charge on any atom is -0.320 e. The molecular weight excluding hydrogens is 262 g/mol. The lowest BCUT2D eigenvalue weighted by Gasteiger charge is -2.15. The number of fused-ring (bicyclic) bond motifs is 1. The quantitative estimate of drug-likeness (QED) is 0.918. The Hall–Kier alpha value is -1.65. The van der Waals surface area contributed by atoms with Crippen LogP contribution in [-0.4, -0.2) is 42.1 Å². The Balaban J connectivity index is 2.42. The molecule has 0 fully saturated rings. The second kappa shape index (κ2) is 6.41. The van der Waals surface area contributed by atoms with Crippen molar-refractivity contribution < 1.29 is 4.79 Å². The fourth-order valence-corrected chi connectivity index (χ4v) is 2.42. The number of nitrogens with two attached hydrogens (primary N) is 1. The van der Waals surface area contributed by atoms with Crippen LogP contribution in [0.1, 0.15) is 24.2 Å². The van der Waals surface area contributed by atoms with E-state index in [1.165, 1.54) is 5.56 Å². The topological polar surface area (TPSA) is 51.3 Å². The van der Waals surface area contributed by atoms with E-state index in [9.17, 15) is 4.79 Å². The van der Waals surface area contributed by atoms with Gasteiger partial charge in [0.05, 0.1) is 11.6 Å². The van der Waals surface area contributed by atoms with Crippen molar-refractivity contribution in [2.45, 2.75) is 26.3 Å². The second-order valence-electron chi connectivity index (χ2n) is 6.20. The van der Waals surface area contributed by atoms with Crippen molar-refractivity contribution in [3.8, 4) is 0 Å². The summed E-state index contributed by atoms with van der Waals surface area (Å²) in [4.78, 5) is 14.7. The zero-order chi connectivity index (χ0) is 15.6. The number of carbonyl (C=O) groups excluding carboxylic acids is 1. The molecule has 0 aliphatic rings. The number of carbonyl (C=O) groups is 1. The summed E-state index contributed by atoms with van der Waals surface area (Å²) in [6.07, 6.45) is 2.88. The second-order valence-corrected chi connectivity index (χ2v) is 6.20. The Labute approximate surface area is 126 Å². The summed E-state index contributed by atoms with van der Waals surface area (Å²) in [5, 5.41) is 1.14. The van der Waals surface area contributed by atoms with Crippen molar-refractivity contribution in [1.82, 2.24) is 9.47 Å². The first-order chi connectivity index (χ1) is 9.91. The lowest BCUT2D eigenvalue weighted by molar-refractivity contribution is 0.0862. The number of rotatable bonds is 5. The lowest BCUT2D eigenvalue weighted by Crippen LogP contribution is -2.38. The molecule has 1 unspecified atom stereocenters. The van der Waals surface area contributed by atoms with E-state index in [4.69, 9.17) is 5.73 Å². The van der Waals surface area contributed by atoms with Crippen LogP contribution in [-0.2, 0) is 6.42 Å². The SMILES string of the molecule is CC(C)C(N)C(=O)n1cc(CCN(C)C)c2ccccc21. The number of hydrogen-bond acceptors (Lipinski definition) is 3. The van der Waals surface area contributed by atoms with E-state index in [0.29, 0.717) is 0 Å². The van der Waals surface area contributed by atoms with E-state index in [-0.39, 0.29) is 11.8 Å². The molecular formula is C17H25N3O. The summed E-state index contributed by atoms with van der Waals surface area (Å²) in [6, 6.07) is 7.56. The Bertz CT molecular complexity index is 628. The van der Waals surface area contributed by atoms with E-state index < -0.39 is 6.04 Å². The molecule has 0 saturated heterocycles. The summed E-state index contributed by atoms with van der Waals surface area (Å²) in [5.74, 6) is 0.0983. The summed E-state index contributed by atoms with van der Waals surface area (Å²) in [5.41, 5.74) is 8.18. The van der Waals surface area contributed by atoms with Gasteiger partial charge in [0.15, 0.2) is 0 Å². The van der Waals surface area contributed by atoms with Crippen LogP contribution < -0.4 is 5.73 Å². The summed E-state index contributed by atoms with van der Waals surface area (Å²) < 4.78 is 1.73. The molecule has 4 nitrogen and oxygen atoms in total. The van der Waals surface area contributed by atoms with Gasteiger partial charge in [0.1, 0.15) is 0 Å². The largest absolute Gasteiger partial charge is 0.320 e. The highest BCUT2D eigenvalue weighted by Gasteiger charge is 2.21. The highest BCUT2D eigenvalue weighted by molar-refractivity contribution is 5.96. The predicted molar refractivity (Wildman–Crippen MR) is 87.6 cm³/mol. The Morgan fingerprint density at radius 1 is 1.29 bits per heavy atom. The summed E-state index contributed by atoms with van der Waals surface area (Å²) in [6.45, 7) is 4.90. The summed E-state index contributed by atoms with van der Waals surface area (Å²) >= 11 is 0. The molecule has 0 spiro atoms. The van der Waals surface area contributed by atoms with E-state index in [1.807, 2.05) is 38.2 Å². The smallest absolute Gasteiger partial charge is 0.248 e. The molecule has 0 aliphatic carbocycles. The van der Waals surface area contributed by atoms with Gasteiger partial charge in [0, 0.05) is 18.1 Å². The van der Waals surface area contributed by atoms with Gasteiger partial charge in [-0.25, -0.2) is 0 Å². The van der Waals surface area contributed by atoms with Crippen molar-refractivity contribution in [3.63, 3.8) is 0 Å².